The number of benzene rings is 2. The van der Waals surface area contributed by atoms with Gasteiger partial charge in [0.25, 0.3) is 5.91 Å². The molecule has 1 atom stereocenters. The Labute approximate surface area is 174 Å². The fourth-order valence-corrected chi connectivity index (χ4v) is 3.05. The Bertz CT molecular complexity index is 844. The normalized spacial score (nSPS) is 12.2. The van der Waals surface area contributed by atoms with Gasteiger partial charge in [0.15, 0.2) is 6.10 Å². The molecular formula is C25H31NO3. The van der Waals surface area contributed by atoms with E-state index in [4.69, 9.17) is 4.74 Å². The van der Waals surface area contributed by atoms with E-state index in [0.29, 0.717) is 5.92 Å². The number of esters is 1. The van der Waals surface area contributed by atoms with Crippen molar-refractivity contribution in [3.05, 3.63) is 70.8 Å². The van der Waals surface area contributed by atoms with Gasteiger partial charge < -0.3 is 10.1 Å². The molecule has 0 heterocycles. The van der Waals surface area contributed by atoms with Crippen molar-refractivity contribution in [1.29, 1.82) is 0 Å². The number of nitrogens with one attached hydrogen (secondary N) is 1. The average molecular weight is 394 g/mol. The molecule has 0 saturated carbocycles. The molecule has 0 unspecified atom stereocenters. The second kappa shape index (κ2) is 10.6. The quantitative estimate of drug-likeness (QED) is 0.475. The zero-order valence-corrected chi connectivity index (χ0v) is 18.0. The predicted octanol–water partition coefficient (Wildman–Crippen LogP) is 5.52. The number of carbonyl (C=O) groups is 2. The highest BCUT2D eigenvalue weighted by Gasteiger charge is 2.19. The van der Waals surface area contributed by atoms with Gasteiger partial charge in [0, 0.05) is 11.8 Å². The van der Waals surface area contributed by atoms with Crippen LogP contribution in [0.3, 0.4) is 0 Å². The van der Waals surface area contributed by atoms with Crippen molar-refractivity contribution >= 4 is 23.6 Å². The van der Waals surface area contributed by atoms with Crippen molar-refractivity contribution in [1.82, 2.24) is 0 Å². The van der Waals surface area contributed by atoms with E-state index in [1.807, 2.05) is 56.3 Å². The summed E-state index contributed by atoms with van der Waals surface area (Å²) in [6, 6.07) is 14.0. The molecule has 0 aliphatic heterocycles. The number of carbonyl (C=O) groups excluding carboxylic acids is 2. The smallest absolute Gasteiger partial charge is 0.331 e. The molecular weight excluding hydrogens is 362 g/mol. The Hall–Kier alpha value is -2.88. The molecule has 0 radical (unpaired) electrons. The fraction of sp³-hybridized carbons (Fsp3) is 0.360. The minimum absolute atomic E-state index is 0.330. The van der Waals surface area contributed by atoms with Crippen LogP contribution >= 0.6 is 0 Å². The zero-order valence-electron chi connectivity index (χ0n) is 18.0. The number of para-hydroxylation sites is 1. The summed E-state index contributed by atoms with van der Waals surface area (Å²) in [5.41, 5.74) is 5.12. The van der Waals surface area contributed by atoms with E-state index < -0.39 is 12.1 Å². The number of aryl methyl sites for hydroxylation is 2. The third-order valence-electron chi connectivity index (χ3n) is 4.92. The highest BCUT2D eigenvalue weighted by atomic mass is 16.5. The second-order valence-electron chi connectivity index (χ2n) is 7.38. The van der Waals surface area contributed by atoms with Gasteiger partial charge in [-0.1, -0.05) is 70.2 Å². The molecule has 0 aromatic heterocycles. The lowest BCUT2D eigenvalue weighted by Crippen LogP contribution is -2.30. The maximum atomic E-state index is 12.5. The van der Waals surface area contributed by atoms with Crippen molar-refractivity contribution in [2.75, 3.05) is 5.32 Å². The van der Waals surface area contributed by atoms with Crippen LogP contribution in [0.25, 0.3) is 6.08 Å². The van der Waals surface area contributed by atoms with Gasteiger partial charge in [0.2, 0.25) is 0 Å². The third-order valence-corrected chi connectivity index (χ3v) is 4.92. The fourth-order valence-electron chi connectivity index (χ4n) is 3.05. The third kappa shape index (κ3) is 6.31. The second-order valence-corrected chi connectivity index (χ2v) is 7.38. The van der Waals surface area contributed by atoms with E-state index in [9.17, 15) is 9.59 Å². The first kappa shape index (κ1) is 22.4. The summed E-state index contributed by atoms with van der Waals surface area (Å²) < 4.78 is 5.28. The largest absolute Gasteiger partial charge is 0.449 e. The van der Waals surface area contributed by atoms with Crippen molar-refractivity contribution in [3.63, 3.8) is 0 Å². The average Bonchev–Trinajstić information content (AvgIpc) is 2.72. The molecule has 0 bridgehead atoms. The van der Waals surface area contributed by atoms with Gasteiger partial charge >= 0.3 is 5.97 Å². The molecule has 1 amide bonds. The highest BCUT2D eigenvalue weighted by molar-refractivity contribution is 5.97. The number of anilines is 1. The Morgan fingerprint density at radius 2 is 1.55 bits per heavy atom. The number of amides is 1. The molecule has 1 N–H and O–H groups in total. The van der Waals surface area contributed by atoms with Gasteiger partial charge in [-0.15, -0.1) is 0 Å². The van der Waals surface area contributed by atoms with Gasteiger partial charge in [-0.2, -0.15) is 0 Å². The first-order valence-corrected chi connectivity index (χ1v) is 10.3. The molecule has 0 aliphatic rings. The summed E-state index contributed by atoms with van der Waals surface area (Å²) in [5, 5.41) is 2.94. The first-order valence-electron chi connectivity index (χ1n) is 10.3. The molecule has 4 nitrogen and oxygen atoms in total. The Balaban J connectivity index is 1.98. The first-order chi connectivity index (χ1) is 13.8. The summed E-state index contributed by atoms with van der Waals surface area (Å²) >= 11 is 0. The molecule has 4 heteroatoms. The molecule has 154 valence electrons. The van der Waals surface area contributed by atoms with Gasteiger partial charge in [-0.3, -0.25) is 4.79 Å². The Morgan fingerprint density at radius 1 is 0.966 bits per heavy atom. The molecule has 2 rings (SSSR count). The SMILES string of the molecule is CCc1cccc(CC)c1NC(=O)[C@H](C)OC(=O)/C=C/c1ccc(C(C)C)cc1. The van der Waals surface area contributed by atoms with Crippen LogP contribution in [0.15, 0.2) is 48.5 Å². The van der Waals surface area contributed by atoms with Crippen LogP contribution < -0.4 is 5.32 Å². The maximum absolute atomic E-state index is 12.5. The van der Waals surface area contributed by atoms with E-state index in [1.54, 1.807) is 13.0 Å². The summed E-state index contributed by atoms with van der Waals surface area (Å²) in [4.78, 5) is 24.7. The van der Waals surface area contributed by atoms with E-state index in [1.165, 1.54) is 11.6 Å². The topological polar surface area (TPSA) is 55.4 Å². The van der Waals surface area contributed by atoms with Crippen molar-refractivity contribution < 1.29 is 14.3 Å². The zero-order chi connectivity index (χ0) is 21.4. The molecule has 0 saturated heterocycles. The van der Waals surface area contributed by atoms with Crippen molar-refractivity contribution in [3.8, 4) is 0 Å². The Morgan fingerprint density at radius 3 is 2.07 bits per heavy atom. The standard InChI is InChI=1S/C25H31NO3/c1-6-20-9-8-10-21(7-2)24(20)26-25(28)18(5)29-23(27)16-13-19-11-14-22(15-12-19)17(3)4/h8-18H,6-7H2,1-5H3,(H,26,28)/b16-13+/t18-/m0/s1. The van der Waals surface area contributed by atoms with Crippen LogP contribution in [0, 0.1) is 0 Å². The molecule has 2 aromatic rings. The number of hydrogen-bond donors (Lipinski definition) is 1. The van der Waals surface area contributed by atoms with Crippen LogP contribution in [0.2, 0.25) is 0 Å². The van der Waals surface area contributed by atoms with Gasteiger partial charge in [-0.05, 0) is 54.0 Å². The van der Waals surface area contributed by atoms with Gasteiger partial charge in [0.05, 0.1) is 0 Å². The van der Waals surface area contributed by atoms with Crippen LogP contribution in [0.5, 0.6) is 0 Å². The summed E-state index contributed by atoms with van der Waals surface area (Å²) in [6.07, 6.45) is 3.79. The molecule has 0 fully saturated rings. The lowest BCUT2D eigenvalue weighted by molar-refractivity contribution is -0.148. The maximum Gasteiger partial charge on any atom is 0.331 e. The highest BCUT2D eigenvalue weighted by Crippen LogP contribution is 2.23. The monoisotopic (exact) mass is 393 g/mol. The van der Waals surface area contributed by atoms with E-state index >= 15 is 0 Å². The lowest BCUT2D eigenvalue weighted by Gasteiger charge is -2.17. The molecule has 0 aliphatic carbocycles. The van der Waals surface area contributed by atoms with E-state index in [0.717, 1.165) is 35.2 Å². The summed E-state index contributed by atoms with van der Waals surface area (Å²) in [5.74, 6) is -0.410. The van der Waals surface area contributed by atoms with Gasteiger partial charge in [-0.25, -0.2) is 4.79 Å². The minimum Gasteiger partial charge on any atom is -0.449 e. The van der Waals surface area contributed by atoms with E-state index in [-0.39, 0.29) is 5.91 Å². The minimum atomic E-state index is -0.884. The van der Waals surface area contributed by atoms with Crippen molar-refractivity contribution in [2.45, 2.75) is 59.5 Å². The van der Waals surface area contributed by atoms with Gasteiger partial charge in [0.1, 0.15) is 0 Å². The molecule has 0 spiro atoms. The predicted molar refractivity (Wildman–Crippen MR) is 119 cm³/mol. The van der Waals surface area contributed by atoms with Crippen LogP contribution in [-0.2, 0) is 27.2 Å². The number of ether oxygens (including phenoxy) is 1. The molecule has 2 aromatic carbocycles. The Kier molecular flexibility index (Phi) is 8.20. The van der Waals surface area contributed by atoms with E-state index in [2.05, 4.69) is 19.2 Å². The summed E-state index contributed by atoms with van der Waals surface area (Å²) in [7, 11) is 0. The number of rotatable bonds is 8. The van der Waals surface area contributed by atoms with Crippen LogP contribution in [0.4, 0.5) is 5.69 Å². The number of hydrogen-bond acceptors (Lipinski definition) is 3. The lowest BCUT2D eigenvalue weighted by atomic mass is 10.0. The van der Waals surface area contributed by atoms with Crippen LogP contribution in [0.1, 0.15) is 62.8 Å². The van der Waals surface area contributed by atoms with Crippen molar-refractivity contribution in [2.24, 2.45) is 0 Å². The molecule has 29 heavy (non-hydrogen) atoms. The summed E-state index contributed by atoms with van der Waals surface area (Å²) in [6.45, 7) is 9.95. The van der Waals surface area contributed by atoms with Crippen LogP contribution in [-0.4, -0.2) is 18.0 Å².